The topological polar surface area (TPSA) is 98.2 Å². The molecule has 1 aromatic rings. The summed E-state index contributed by atoms with van der Waals surface area (Å²) in [6.07, 6.45) is 2.41. The van der Waals surface area contributed by atoms with E-state index in [2.05, 4.69) is 9.97 Å². The number of nitrogens with two attached hydrogens (primary N) is 1. The first-order valence-electron chi connectivity index (χ1n) is 5.23. The van der Waals surface area contributed by atoms with Gasteiger partial charge in [0.25, 0.3) is 0 Å². The third kappa shape index (κ3) is 3.63. The van der Waals surface area contributed by atoms with E-state index in [-0.39, 0.29) is 11.1 Å². The summed E-state index contributed by atoms with van der Waals surface area (Å²) in [7, 11) is 1.83. The molecule has 7 nitrogen and oxygen atoms in total. The first-order valence-corrected chi connectivity index (χ1v) is 5.23. The minimum absolute atomic E-state index is 0.0557. The summed E-state index contributed by atoms with van der Waals surface area (Å²) in [6.45, 7) is 5.30. The Labute approximate surface area is 99.8 Å². The van der Waals surface area contributed by atoms with Crippen LogP contribution in [0.5, 0.6) is 0 Å². The average Bonchev–Trinajstić information content (AvgIpc) is 2.28. The van der Waals surface area contributed by atoms with Gasteiger partial charge in [0.15, 0.2) is 0 Å². The Balaban J connectivity index is 2.76. The maximum atomic E-state index is 10.5. The van der Waals surface area contributed by atoms with E-state index in [0.29, 0.717) is 19.0 Å². The van der Waals surface area contributed by atoms with Gasteiger partial charge < -0.3 is 10.6 Å². The molecule has 0 aliphatic rings. The molecule has 0 radical (unpaired) electrons. The van der Waals surface area contributed by atoms with Crippen molar-refractivity contribution in [2.75, 3.05) is 25.0 Å². The van der Waals surface area contributed by atoms with E-state index >= 15 is 0 Å². The molecule has 0 spiro atoms. The van der Waals surface area contributed by atoms with Crippen LogP contribution in [0.2, 0.25) is 0 Å². The van der Waals surface area contributed by atoms with Gasteiger partial charge in [-0.2, -0.15) is 0 Å². The molecule has 0 aliphatic carbocycles. The van der Waals surface area contributed by atoms with Gasteiger partial charge in [-0.05, 0) is 12.0 Å². The van der Waals surface area contributed by atoms with Crippen molar-refractivity contribution in [2.24, 2.45) is 11.1 Å². The van der Waals surface area contributed by atoms with Gasteiger partial charge in [-0.25, -0.2) is 9.97 Å². The van der Waals surface area contributed by atoms with E-state index < -0.39 is 4.92 Å². The molecule has 0 unspecified atom stereocenters. The molecule has 1 aromatic heterocycles. The Hall–Kier alpha value is -1.76. The van der Waals surface area contributed by atoms with Crippen molar-refractivity contribution in [1.29, 1.82) is 0 Å². The fourth-order valence-electron chi connectivity index (χ4n) is 1.38. The average molecular weight is 239 g/mol. The third-order valence-corrected chi connectivity index (χ3v) is 2.39. The highest BCUT2D eigenvalue weighted by molar-refractivity contribution is 5.33. The van der Waals surface area contributed by atoms with Crippen LogP contribution in [-0.2, 0) is 0 Å². The molecule has 1 rings (SSSR count). The van der Waals surface area contributed by atoms with Gasteiger partial charge in [-0.1, -0.05) is 13.8 Å². The zero-order valence-corrected chi connectivity index (χ0v) is 10.3. The minimum Gasteiger partial charge on any atom is -0.343 e. The molecular weight excluding hydrogens is 222 g/mol. The van der Waals surface area contributed by atoms with E-state index in [0.717, 1.165) is 0 Å². The van der Waals surface area contributed by atoms with Gasteiger partial charge >= 0.3 is 5.69 Å². The SMILES string of the molecule is CN(CC(C)(C)CN)c1ncc([N+](=O)[O-])cn1. The Bertz CT molecular complexity index is 390. The molecule has 0 bridgehead atoms. The maximum absolute atomic E-state index is 10.5. The van der Waals surface area contributed by atoms with E-state index in [1.54, 1.807) is 0 Å². The number of nitro groups is 1. The van der Waals surface area contributed by atoms with Gasteiger partial charge in [0.2, 0.25) is 5.95 Å². The summed E-state index contributed by atoms with van der Waals surface area (Å²) >= 11 is 0. The number of aromatic nitrogens is 2. The number of nitrogens with zero attached hydrogens (tertiary/aromatic N) is 4. The quantitative estimate of drug-likeness (QED) is 0.603. The number of anilines is 1. The van der Waals surface area contributed by atoms with Crippen LogP contribution < -0.4 is 10.6 Å². The molecule has 1 heterocycles. The van der Waals surface area contributed by atoms with Gasteiger partial charge in [0, 0.05) is 13.6 Å². The zero-order chi connectivity index (χ0) is 13.1. The zero-order valence-electron chi connectivity index (χ0n) is 10.3. The molecule has 0 aromatic carbocycles. The first kappa shape index (κ1) is 13.3. The standard InChI is InChI=1S/C10H17N5O2/c1-10(2,6-11)7-14(3)9-12-4-8(5-13-9)15(16)17/h4-5H,6-7,11H2,1-3H3. The predicted octanol–water partition coefficient (Wildman–Crippen LogP) is 0.806. The van der Waals surface area contributed by atoms with Crippen molar-refractivity contribution in [3.63, 3.8) is 0 Å². The minimum atomic E-state index is -0.520. The Morgan fingerprint density at radius 2 is 2.00 bits per heavy atom. The molecule has 0 aliphatic heterocycles. The van der Waals surface area contributed by atoms with Crippen LogP contribution in [0.1, 0.15) is 13.8 Å². The summed E-state index contributed by atoms with van der Waals surface area (Å²) in [6, 6.07) is 0. The van der Waals surface area contributed by atoms with E-state index in [1.165, 1.54) is 12.4 Å². The maximum Gasteiger partial charge on any atom is 0.305 e. The smallest absolute Gasteiger partial charge is 0.305 e. The van der Waals surface area contributed by atoms with Crippen LogP contribution in [-0.4, -0.2) is 35.0 Å². The van der Waals surface area contributed by atoms with Crippen molar-refractivity contribution in [3.8, 4) is 0 Å². The number of rotatable bonds is 5. The second-order valence-electron chi connectivity index (χ2n) is 4.72. The Morgan fingerprint density at radius 3 is 2.41 bits per heavy atom. The van der Waals surface area contributed by atoms with Gasteiger partial charge in [-0.3, -0.25) is 10.1 Å². The molecule has 2 N–H and O–H groups in total. The highest BCUT2D eigenvalue weighted by Gasteiger charge is 2.20. The van der Waals surface area contributed by atoms with Crippen LogP contribution in [0.3, 0.4) is 0 Å². The fraction of sp³-hybridized carbons (Fsp3) is 0.600. The van der Waals surface area contributed by atoms with Crippen molar-refractivity contribution < 1.29 is 4.92 Å². The van der Waals surface area contributed by atoms with Gasteiger partial charge in [0.1, 0.15) is 12.4 Å². The van der Waals surface area contributed by atoms with E-state index in [9.17, 15) is 10.1 Å². The second kappa shape index (κ2) is 5.05. The third-order valence-electron chi connectivity index (χ3n) is 2.39. The van der Waals surface area contributed by atoms with Gasteiger partial charge in [0.05, 0.1) is 4.92 Å². The molecule has 0 amide bonds. The molecule has 0 atom stereocenters. The lowest BCUT2D eigenvalue weighted by molar-refractivity contribution is -0.385. The fourth-order valence-corrected chi connectivity index (χ4v) is 1.38. The lowest BCUT2D eigenvalue weighted by Crippen LogP contribution is -2.37. The summed E-state index contributed by atoms with van der Waals surface area (Å²) < 4.78 is 0. The highest BCUT2D eigenvalue weighted by Crippen LogP contribution is 2.17. The Kier molecular flexibility index (Phi) is 3.95. The molecule has 0 fully saturated rings. The molecule has 7 heteroatoms. The van der Waals surface area contributed by atoms with Crippen molar-refractivity contribution in [3.05, 3.63) is 22.5 Å². The van der Waals surface area contributed by atoms with Crippen molar-refractivity contribution in [1.82, 2.24) is 9.97 Å². The molecular formula is C10H17N5O2. The monoisotopic (exact) mass is 239 g/mol. The Morgan fingerprint density at radius 1 is 1.47 bits per heavy atom. The number of hydrogen-bond donors (Lipinski definition) is 1. The molecule has 0 saturated carbocycles. The summed E-state index contributed by atoms with van der Waals surface area (Å²) in [5.74, 6) is 0.456. The van der Waals surface area contributed by atoms with Crippen LogP contribution in [0.15, 0.2) is 12.4 Å². The van der Waals surface area contributed by atoms with Crippen LogP contribution >= 0.6 is 0 Å². The lowest BCUT2D eigenvalue weighted by atomic mass is 9.93. The van der Waals surface area contributed by atoms with Crippen LogP contribution in [0.25, 0.3) is 0 Å². The molecule has 17 heavy (non-hydrogen) atoms. The molecule has 0 saturated heterocycles. The largest absolute Gasteiger partial charge is 0.343 e. The van der Waals surface area contributed by atoms with Crippen molar-refractivity contribution in [2.45, 2.75) is 13.8 Å². The summed E-state index contributed by atoms with van der Waals surface area (Å²) in [5.41, 5.74) is 5.47. The lowest BCUT2D eigenvalue weighted by Gasteiger charge is -2.28. The number of hydrogen-bond acceptors (Lipinski definition) is 6. The van der Waals surface area contributed by atoms with E-state index in [1.807, 2.05) is 25.8 Å². The summed E-state index contributed by atoms with van der Waals surface area (Å²) in [5, 5.41) is 10.5. The van der Waals surface area contributed by atoms with Crippen LogP contribution in [0.4, 0.5) is 11.6 Å². The predicted molar refractivity (Wildman–Crippen MR) is 64.8 cm³/mol. The van der Waals surface area contributed by atoms with Gasteiger partial charge in [-0.15, -0.1) is 0 Å². The highest BCUT2D eigenvalue weighted by atomic mass is 16.6. The second-order valence-corrected chi connectivity index (χ2v) is 4.72. The summed E-state index contributed by atoms with van der Waals surface area (Å²) in [4.78, 5) is 19.7. The normalized spacial score (nSPS) is 11.3. The van der Waals surface area contributed by atoms with Crippen molar-refractivity contribution >= 4 is 11.6 Å². The first-order chi connectivity index (χ1) is 7.85. The van der Waals surface area contributed by atoms with Crippen LogP contribution in [0, 0.1) is 15.5 Å². The van der Waals surface area contributed by atoms with E-state index in [4.69, 9.17) is 5.73 Å². The molecule has 94 valence electrons.